The Morgan fingerprint density at radius 1 is 1.45 bits per heavy atom. The Bertz CT molecular complexity index is 506. The number of ether oxygens (including phenoxy) is 1. The summed E-state index contributed by atoms with van der Waals surface area (Å²) in [6.07, 6.45) is 2.44. The molecule has 0 aliphatic carbocycles. The molecule has 20 heavy (non-hydrogen) atoms. The number of nitrogens with two attached hydrogens (primary N) is 1. The predicted molar refractivity (Wildman–Crippen MR) is 77.2 cm³/mol. The lowest BCUT2D eigenvalue weighted by molar-refractivity contribution is -0.131. The number of benzene rings is 1. The van der Waals surface area contributed by atoms with Crippen molar-refractivity contribution in [3.05, 3.63) is 29.8 Å². The van der Waals surface area contributed by atoms with Gasteiger partial charge in [-0.1, -0.05) is 18.2 Å². The van der Waals surface area contributed by atoms with Gasteiger partial charge in [0.25, 0.3) is 5.91 Å². The topological polar surface area (TPSA) is 67.6 Å². The number of anilines is 1. The highest BCUT2D eigenvalue weighted by atomic mass is 16.5. The fourth-order valence-corrected chi connectivity index (χ4v) is 3.25. The van der Waals surface area contributed by atoms with Crippen LogP contribution in [0, 0.1) is 0 Å². The third-order valence-corrected chi connectivity index (χ3v) is 4.29. The molecule has 0 bridgehead atoms. The van der Waals surface area contributed by atoms with E-state index < -0.39 is 6.10 Å². The van der Waals surface area contributed by atoms with Gasteiger partial charge in [0.1, 0.15) is 6.10 Å². The zero-order valence-corrected chi connectivity index (χ0v) is 11.7. The van der Waals surface area contributed by atoms with E-state index in [-0.39, 0.29) is 12.0 Å². The number of nitrogens with zero attached hydrogens (tertiary/aromatic N) is 1. The van der Waals surface area contributed by atoms with Gasteiger partial charge in [-0.05, 0) is 37.8 Å². The number of fused-ring (bicyclic) bond motifs is 1. The molecule has 1 aromatic rings. The lowest BCUT2D eigenvalue weighted by atomic mass is 10.1. The van der Waals surface area contributed by atoms with Crippen molar-refractivity contribution in [2.75, 3.05) is 11.4 Å². The van der Waals surface area contributed by atoms with Crippen LogP contribution in [0.4, 0.5) is 5.69 Å². The summed E-state index contributed by atoms with van der Waals surface area (Å²) in [4.78, 5) is 13.9. The second-order valence-electron chi connectivity index (χ2n) is 5.67. The molecule has 108 valence electrons. The van der Waals surface area contributed by atoms with Crippen molar-refractivity contribution in [2.24, 2.45) is 5.84 Å². The normalized spacial score (nSPS) is 28.5. The zero-order valence-electron chi connectivity index (χ0n) is 11.7. The SMILES string of the molecule is CC1Cc2ccccc2N1CC1CCC(C(=O)NN)O1. The second kappa shape index (κ2) is 5.42. The Morgan fingerprint density at radius 3 is 3.05 bits per heavy atom. The van der Waals surface area contributed by atoms with Gasteiger partial charge in [0.2, 0.25) is 0 Å². The van der Waals surface area contributed by atoms with Crippen LogP contribution < -0.4 is 16.2 Å². The molecule has 0 saturated carbocycles. The van der Waals surface area contributed by atoms with Crippen LogP contribution >= 0.6 is 0 Å². The lowest BCUT2D eigenvalue weighted by Gasteiger charge is -2.28. The molecular weight excluding hydrogens is 254 g/mol. The summed E-state index contributed by atoms with van der Waals surface area (Å²) in [5, 5.41) is 0. The molecule has 3 rings (SSSR count). The maximum Gasteiger partial charge on any atom is 0.263 e. The highest BCUT2D eigenvalue weighted by molar-refractivity contribution is 5.80. The summed E-state index contributed by atoms with van der Waals surface area (Å²) in [6.45, 7) is 3.07. The minimum absolute atomic E-state index is 0.103. The van der Waals surface area contributed by atoms with Crippen LogP contribution in [0.3, 0.4) is 0 Å². The fourth-order valence-electron chi connectivity index (χ4n) is 3.25. The second-order valence-corrected chi connectivity index (χ2v) is 5.67. The molecule has 2 aliphatic rings. The van der Waals surface area contributed by atoms with Crippen LogP contribution in [-0.2, 0) is 16.0 Å². The largest absolute Gasteiger partial charge is 0.366 e. The molecule has 1 saturated heterocycles. The van der Waals surface area contributed by atoms with Crippen LogP contribution in [0.25, 0.3) is 0 Å². The van der Waals surface area contributed by atoms with Crippen molar-refractivity contribution in [1.82, 2.24) is 5.43 Å². The molecule has 3 unspecified atom stereocenters. The summed E-state index contributed by atoms with van der Waals surface area (Å²) in [5.41, 5.74) is 4.87. The Morgan fingerprint density at radius 2 is 2.25 bits per heavy atom. The summed E-state index contributed by atoms with van der Waals surface area (Å²) in [7, 11) is 0. The van der Waals surface area contributed by atoms with Crippen molar-refractivity contribution in [2.45, 2.75) is 44.4 Å². The summed E-state index contributed by atoms with van der Waals surface area (Å²) in [6, 6.07) is 9.00. The van der Waals surface area contributed by atoms with Crippen molar-refractivity contribution >= 4 is 11.6 Å². The first-order chi connectivity index (χ1) is 9.69. The number of carbonyl (C=O) groups is 1. The Kier molecular flexibility index (Phi) is 3.63. The van der Waals surface area contributed by atoms with E-state index in [1.165, 1.54) is 11.3 Å². The molecule has 1 aromatic carbocycles. The summed E-state index contributed by atoms with van der Waals surface area (Å²) in [5.74, 6) is 4.94. The van der Waals surface area contributed by atoms with E-state index in [4.69, 9.17) is 10.6 Å². The maximum atomic E-state index is 11.5. The van der Waals surface area contributed by atoms with E-state index in [2.05, 4.69) is 41.5 Å². The number of rotatable bonds is 3. The number of hydrogen-bond acceptors (Lipinski definition) is 4. The quantitative estimate of drug-likeness (QED) is 0.490. The zero-order chi connectivity index (χ0) is 14.1. The van der Waals surface area contributed by atoms with Crippen molar-refractivity contribution in [1.29, 1.82) is 0 Å². The molecule has 3 atom stereocenters. The average molecular weight is 275 g/mol. The first-order valence-electron chi connectivity index (χ1n) is 7.19. The van der Waals surface area contributed by atoms with Gasteiger partial charge in [-0.25, -0.2) is 5.84 Å². The monoisotopic (exact) mass is 275 g/mol. The number of carbonyl (C=O) groups excluding carboxylic acids is 1. The number of nitrogens with one attached hydrogen (secondary N) is 1. The molecule has 2 aliphatic heterocycles. The number of amides is 1. The van der Waals surface area contributed by atoms with E-state index in [0.29, 0.717) is 6.04 Å². The van der Waals surface area contributed by atoms with Crippen LogP contribution in [0.2, 0.25) is 0 Å². The minimum atomic E-state index is -0.391. The van der Waals surface area contributed by atoms with Crippen molar-refractivity contribution in [3.8, 4) is 0 Å². The van der Waals surface area contributed by atoms with Gasteiger partial charge in [0, 0.05) is 18.3 Å². The predicted octanol–water partition coefficient (Wildman–Crippen LogP) is 0.975. The van der Waals surface area contributed by atoms with Gasteiger partial charge < -0.3 is 9.64 Å². The van der Waals surface area contributed by atoms with Crippen LogP contribution in [0.5, 0.6) is 0 Å². The van der Waals surface area contributed by atoms with Crippen LogP contribution in [-0.4, -0.2) is 30.7 Å². The van der Waals surface area contributed by atoms with Gasteiger partial charge in [-0.15, -0.1) is 0 Å². The Hall–Kier alpha value is -1.59. The number of hydrogen-bond donors (Lipinski definition) is 2. The molecule has 0 spiro atoms. The smallest absolute Gasteiger partial charge is 0.263 e. The fraction of sp³-hybridized carbons (Fsp3) is 0.533. The highest BCUT2D eigenvalue weighted by Gasteiger charge is 2.34. The van der Waals surface area contributed by atoms with Crippen LogP contribution in [0.1, 0.15) is 25.3 Å². The van der Waals surface area contributed by atoms with Gasteiger partial charge in [0.05, 0.1) is 6.10 Å². The van der Waals surface area contributed by atoms with E-state index in [1.54, 1.807) is 0 Å². The van der Waals surface area contributed by atoms with Crippen molar-refractivity contribution < 1.29 is 9.53 Å². The number of para-hydroxylation sites is 1. The molecule has 0 radical (unpaired) electrons. The van der Waals surface area contributed by atoms with Crippen molar-refractivity contribution in [3.63, 3.8) is 0 Å². The summed E-state index contributed by atoms with van der Waals surface area (Å²) >= 11 is 0. The molecular formula is C15H21N3O2. The first-order valence-corrected chi connectivity index (χ1v) is 7.19. The van der Waals surface area contributed by atoms with Gasteiger partial charge in [-0.2, -0.15) is 0 Å². The maximum absolute atomic E-state index is 11.5. The van der Waals surface area contributed by atoms with Gasteiger partial charge in [-0.3, -0.25) is 10.2 Å². The van der Waals surface area contributed by atoms with E-state index in [1.807, 2.05) is 0 Å². The molecule has 1 fully saturated rings. The Balaban J connectivity index is 1.66. The highest BCUT2D eigenvalue weighted by Crippen LogP contribution is 2.33. The average Bonchev–Trinajstić information content (AvgIpc) is 3.04. The third-order valence-electron chi connectivity index (χ3n) is 4.29. The van der Waals surface area contributed by atoms with Crippen LogP contribution in [0.15, 0.2) is 24.3 Å². The number of hydrazine groups is 1. The first kappa shape index (κ1) is 13.4. The van der Waals surface area contributed by atoms with Gasteiger partial charge >= 0.3 is 0 Å². The van der Waals surface area contributed by atoms with Gasteiger partial charge in [0.15, 0.2) is 0 Å². The summed E-state index contributed by atoms with van der Waals surface area (Å²) < 4.78 is 5.81. The standard InChI is InChI=1S/C15H21N3O2/c1-10-8-11-4-2-3-5-13(11)18(10)9-12-6-7-14(20-12)15(19)17-16/h2-5,10,12,14H,6-9,16H2,1H3,(H,17,19). The molecule has 0 aromatic heterocycles. The minimum Gasteiger partial charge on any atom is -0.366 e. The third kappa shape index (κ3) is 2.39. The Labute approximate surface area is 119 Å². The molecule has 5 heteroatoms. The molecule has 3 N–H and O–H groups in total. The molecule has 5 nitrogen and oxygen atoms in total. The molecule has 2 heterocycles. The van der Waals surface area contributed by atoms with E-state index in [9.17, 15) is 4.79 Å². The molecule has 1 amide bonds. The van der Waals surface area contributed by atoms with E-state index in [0.717, 1.165) is 25.8 Å². The lowest BCUT2D eigenvalue weighted by Crippen LogP contribution is -2.41. The van der Waals surface area contributed by atoms with E-state index >= 15 is 0 Å².